The van der Waals surface area contributed by atoms with Crippen LogP contribution >= 0.6 is 0 Å². The zero-order valence-electron chi connectivity index (χ0n) is 5.08. The van der Waals surface area contributed by atoms with Crippen LogP contribution in [-0.2, 0) is 4.79 Å². The smallest absolute Gasteiger partial charge is 0.161 e. The van der Waals surface area contributed by atoms with Gasteiger partial charge in [-0.05, 0) is 0 Å². The van der Waals surface area contributed by atoms with E-state index in [1.54, 1.807) is 0 Å². The summed E-state index contributed by atoms with van der Waals surface area (Å²) in [6.07, 6.45) is -6.18. The van der Waals surface area contributed by atoms with Gasteiger partial charge < -0.3 is 15.0 Å². The molecule has 10 heavy (non-hydrogen) atoms. The van der Waals surface area contributed by atoms with Crippen LogP contribution < -0.4 is 0 Å². The molecule has 0 saturated carbocycles. The topological polar surface area (TPSA) is 57.5 Å². The van der Waals surface area contributed by atoms with Gasteiger partial charge >= 0.3 is 0 Å². The first kappa shape index (κ1) is 9.45. The van der Waals surface area contributed by atoms with Gasteiger partial charge in [0.15, 0.2) is 12.5 Å². The van der Waals surface area contributed by atoms with Crippen LogP contribution in [0.1, 0.15) is 0 Å². The second kappa shape index (κ2) is 4.29. The molecule has 3 nitrogen and oxygen atoms in total. The zero-order chi connectivity index (χ0) is 8.15. The van der Waals surface area contributed by atoms with Crippen molar-refractivity contribution >= 4 is 6.29 Å². The van der Waals surface area contributed by atoms with Gasteiger partial charge in [0, 0.05) is 0 Å². The highest BCUT2D eigenvalue weighted by atomic mass is 19.1. The van der Waals surface area contributed by atoms with Crippen molar-refractivity contribution in [2.24, 2.45) is 0 Å². The molecule has 0 aromatic carbocycles. The molecule has 0 aliphatic heterocycles. The lowest BCUT2D eigenvalue weighted by Crippen LogP contribution is -2.35. The molecule has 60 valence electrons. The van der Waals surface area contributed by atoms with E-state index in [1.807, 2.05) is 0 Å². The van der Waals surface area contributed by atoms with Gasteiger partial charge in [-0.15, -0.1) is 0 Å². The van der Waals surface area contributed by atoms with Crippen molar-refractivity contribution in [3.8, 4) is 0 Å². The van der Waals surface area contributed by atoms with Gasteiger partial charge in [-0.2, -0.15) is 0 Å². The Bertz CT molecular complexity index is 109. The molecular formula is C5H8F2O3. The number of carbonyl (C=O) groups is 1. The Labute approximate surface area is 56.3 Å². The fourth-order valence-corrected chi connectivity index (χ4v) is 0.388. The standard InChI is InChI=1S/C5H8F2O3/c6-1-3(9)5(7)4(10)2-8/h2-5,9-10H,1H2. The Morgan fingerprint density at radius 3 is 2.30 bits per heavy atom. The average molecular weight is 154 g/mol. The second-order valence-corrected chi connectivity index (χ2v) is 1.79. The highest BCUT2D eigenvalue weighted by molar-refractivity contribution is 5.56. The summed E-state index contributed by atoms with van der Waals surface area (Å²) in [5.41, 5.74) is 0. The highest BCUT2D eigenvalue weighted by Crippen LogP contribution is 2.03. The lowest BCUT2D eigenvalue weighted by molar-refractivity contribution is -0.121. The van der Waals surface area contributed by atoms with Crippen molar-refractivity contribution in [3.63, 3.8) is 0 Å². The Kier molecular flexibility index (Phi) is 4.06. The molecule has 0 radical (unpaired) electrons. The van der Waals surface area contributed by atoms with Crippen molar-refractivity contribution in [1.82, 2.24) is 0 Å². The first-order valence-corrected chi connectivity index (χ1v) is 2.65. The molecule has 0 amide bonds. The molecule has 2 N–H and O–H groups in total. The summed E-state index contributed by atoms with van der Waals surface area (Å²) >= 11 is 0. The number of alkyl halides is 2. The van der Waals surface area contributed by atoms with E-state index in [2.05, 4.69) is 0 Å². The van der Waals surface area contributed by atoms with Gasteiger partial charge in [0.25, 0.3) is 0 Å². The quantitative estimate of drug-likeness (QED) is 0.522. The molecule has 3 unspecified atom stereocenters. The number of aliphatic hydroxyl groups is 2. The summed E-state index contributed by atoms with van der Waals surface area (Å²) in [5.74, 6) is 0. The average Bonchev–Trinajstić information content (AvgIpc) is 2.00. The van der Waals surface area contributed by atoms with Crippen molar-refractivity contribution in [1.29, 1.82) is 0 Å². The molecule has 0 spiro atoms. The Morgan fingerprint density at radius 2 is 2.00 bits per heavy atom. The molecule has 0 aliphatic rings. The van der Waals surface area contributed by atoms with E-state index in [-0.39, 0.29) is 6.29 Å². The summed E-state index contributed by atoms with van der Waals surface area (Å²) in [4.78, 5) is 9.64. The summed E-state index contributed by atoms with van der Waals surface area (Å²) < 4.78 is 23.6. The minimum atomic E-state index is -2.23. The monoisotopic (exact) mass is 154 g/mol. The van der Waals surface area contributed by atoms with Crippen LogP contribution in [0, 0.1) is 0 Å². The van der Waals surface area contributed by atoms with Crippen LogP contribution in [0.15, 0.2) is 0 Å². The minimum absolute atomic E-state index is 0.0937. The van der Waals surface area contributed by atoms with E-state index < -0.39 is 25.1 Å². The molecule has 0 aromatic rings. The van der Waals surface area contributed by atoms with Gasteiger partial charge in [-0.3, -0.25) is 0 Å². The summed E-state index contributed by atoms with van der Waals surface area (Å²) in [5, 5.41) is 16.7. The van der Waals surface area contributed by atoms with E-state index in [0.29, 0.717) is 0 Å². The predicted molar refractivity (Wildman–Crippen MR) is 28.9 cm³/mol. The molecule has 0 fully saturated rings. The maximum Gasteiger partial charge on any atom is 0.161 e. The van der Waals surface area contributed by atoms with Gasteiger partial charge in [-0.25, -0.2) is 8.78 Å². The highest BCUT2D eigenvalue weighted by Gasteiger charge is 2.25. The molecule has 0 rings (SSSR count). The Balaban J connectivity index is 3.80. The van der Waals surface area contributed by atoms with E-state index in [1.165, 1.54) is 0 Å². The third-order valence-corrected chi connectivity index (χ3v) is 0.991. The maximum atomic E-state index is 12.2. The van der Waals surface area contributed by atoms with Crippen LogP contribution in [0.3, 0.4) is 0 Å². The van der Waals surface area contributed by atoms with Crippen LogP contribution in [0.4, 0.5) is 8.78 Å². The Hall–Kier alpha value is -0.550. The largest absolute Gasteiger partial charge is 0.387 e. The fourth-order valence-electron chi connectivity index (χ4n) is 0.388. The van der Waals surface area contributed by atoms with Crippen LogP contribution in [0.5, 0.6) is 0 Å². The molecule has 3 atom stereocenters. The number of hydrogen-bond acceptors (Lipinski definition) is 3. The molecular weight excluding hydrogens is 146 g/mol. The molecule has 0 aromatic heterocycles. The molecule has 0 saturated heterocycles. The predicted octanol–water partition coefficient (Wildman–Crippen LogP) is -0.785. The fraction of sp³-hybridized carbons (Fsp3) is 0.800. The lowest BCUT2D eigenvalue weighted by Gasteiger charge is -2.13. The first-order chi connectivity index (χ1) is 4.63. The van der Waals surface area contributed by atoms with E-state index in [0.717, 1.165) is 0 Å². The molecule has 0 bridgehead atoms. The van der Waals surface area contributed by atoms with Gasteiger partial charge in [0.2, 0.25) is 0 Å². The number of aldehydes is 1. The van der Waals surface area contributed by atoms with Crippen LogP contribution in [-0.4, -0.2) is 41.6 Å². The van der Waals surface area contributed by atoms with E-state index >= 15 is 0 Å². The summed E-state index contributed by atoms with van der Waals surface area (Å²) in [6.45, 7) is -1.31. The first-order valence-electron chi connectivity index (χ1n) is 2.65. The minimum Gasteiger partial charge on any atom is -0.387 e. The van der Waals surface area contributed by atoms with Gasteiger partial charge in [0.1, 0.15) is 18.9 Å². The lowest BCUT2D eigenvalue weighted by atomic mass is 10.1. The summed E-state index contributed by atoms with van der Waals surface area (Å²) in [7, 11) is 0. The molecule has 0 aliphatic carbocycles. The van der Waals surface area contributed by atoms with Crippen molar-refractivity contribution in [3.05, 3.63) is 0 Å². The second-order valence-electron chi connectivity index (χ2n) is 1.79. The zero-order valence-corrected chi connectivity index (χ0v) is 5.08. The Morgan fingerprint density at radius 1 is 1.50 bits per heavy atom. The third kappa shape index (κ3) is 2.36. The van der Waals surface area contributed by atoms with Gasteiger partial charge in [0.05, 0.1) is 0 Å². The van der Waals surface area contributed by atoms with Crippen molar-refractivity contribution < 1.29 is 23.8 Å². The maximum absolute atomic E-state index is 12.2. The van der Waals surface area contributed by atoms with E-state index in [9.17, 15) is 13.6 Å². The number of rotatable bonds is 4. The molecule has 0 heterocycles. The molecule has 5 heteroatoms. The number of halogens is 2. The van der Waals surface area contributed by atoms with Crippen LogP contribution in [0.2, 0.25) is 0 Å². The number of carbonyl (C=O) groups excluding carboxylic acids is 1. The van der Waals surface area contributed by atoms with Gasteiger partial charge in [-0.1, -0.05) is 0 Å². The number of aliphatic hydroxyl groups excluding tert-OH is 2. The normalized spacial score (nSPS) is 19.6. The summed E-state index contributed by atoms with van der Waals surface area (Å²) in [6, 6.07) is 0. The SMILES string of the molecule is O=CC(O)C(F)C(O)CF. The van der Waals surface area contributed by atoms with E-state index in [4.69, 9.17) is 10.2 Å². The van der Waals surface area contributed by atoms with Crippen molar-refractivity contribution in [2.45, 2.75) is 18.4 Å². The third-order valence-electron chi connectivity index (χ3n) is 0.991. The number of hydrogen-bond donors (Lipinski definition) is 2. The van der Waals surface area contributed by atoms with Crippen molar-refractivity contribution in [2.75, 3.05) is 6.67 Å². The van der Waals surface area contributed by atoms with Crippen LogP contribution in [0.25, 0.3) is 0 Å².